The Morgan fingerprint density at radius 2 is 1.89 bits per heavy atom. The van der Waals surface area contributed by atoms with Crippen molar-refractivity contribution >= 4 is 5.82 Å². The van der Waals surface area contributed by atoms with Gasteiger partial charge in [-0.2, -0.15) is 5.26 Å². The molecule has 0 spiro atoms. The fraction of sp³-hybridized carbons (Fsp3) is 0.154. The Bertz CT molecular complexity index is 662. The van der Waals surface area contributed by atoms with Crippen molar-refractivity contribution in [2.45, 2.75) is 0 Å². The molecule has 1 aromatic carbocycles. The lowest BCUT2D eigenvalue weighted by molar-refractivity contribution is 0.585. The zero-order valence-corrected chi connectivity index (χ0v) is 10.4. The van der Waals surface area contributed by atoms with E-state index in [4.69, 9.17) is 5.26 Å². The molecule has 19 heavy (non-hydrogen) atoms. The topological polar surface area (TPSA) is 52.8 Å². The van der Waals surface area contributed by atoms with Crippen LogP contribution in [0.25, 0.3) is 11.4 Å². The Morgan fingerprint density at radius 1 is 1.16 bits per heavy atom. The number of hydrogen-bond donors (Lipinski definition) is 0. The van der Waals surface area contributed by atoms with Crippen LogP contribution in [0, 0.1) is 23.0 Å². The second kappa shape index (κ2) is 4.98. The maximum absolute atomic E-state index is 13.7. The highest BCUT2D eigenvalue weighted by Crippen LogP contribution is 2.22. The Balaban J connectivity index is 2.61. The summed E-state index contributed by atoms with van der Waals surface area (Å²) < 4.78 is 26.6. The van der Waals surface area contributed by atoms with Gasteiger partial charge in [0.25, 0.3) is 0 Å². The van der Waals surface area contributed by atoms with Crippen molar-refractivity contribution in [2.75, 3.05) is 19.0 Å². The van der Waals surface area contributed by atoms with Crippen LogP contribution in [0.4, 0.5) is 14.6 Å². The molecule has 0 fully saturated rings. The van der Waals surface area contributed by atoms with Crippen LogP contribution in [0.5, 0.6) is 0 Å². The van der Waals surface area contributed by atoms with Crippen molar-refractivity contribution in [3.63, 3.8) is 0 Å². The van der Waals surface area contributed by atoms with Crippen molar-refractivity contribution < 1.29 is 8.78 Å². The molecule has 0 N–H and O–H groups in total. The smallest absolute Gasteiger partial charge is 0.165 e. The molecule has 0 aliphatic carbocycles. The van der Waals surface area contributed by atoms with Gasteiger partial charge in [-0.1, -0.05) is 0 Å². The van der Waals surface area contributed by atoms with Crippen LogP contribution in [0.1, 0.15) is 5.69 Å². The first-order valence-electron chi connectivity index (χ1n) is 5.43. The number of nitriles is 1. The van der Waals surface area contributed by atoms with Crippen LogP contribution >= 0.6 is 0 Å². The molecule has 0 bridgehead atoms. The highest BCUT2D eigenvalue weighted by Gasteiger charge is 2.12. The summed E-state index contributed by atoms with van der Waals surface area (Å²) >= 11 is 0. The minimum atomic E-state index is -0.764. The van der Waals surface area contributed by atoms with Crippen molar-refractivity contribution in [3.05, 3.63) is 41.6 Å². The van der Waals surface area contributed by atoms with E-state index in [1.807, 2.05) is 6.07 Å². The average Bonchev–Trinajstić information content (AvgIpc) is 2.38. The molecule has 2 rings (SSSR count). The summed E-state index contributed by atoms with van der Waals surface area (Å²) in [5, 5.41) is 8.92. The molecule has 4 nitrogen and oxygen atoms in total. The second-order valence-corrected chi connectivity index (χ2v) is 4.07. The predicted molar refractivity (Wildman–Crippen MR) is 66.4 cm³/mol. The summed E-state index contributed by atoms with van der Waals surface area (Å²) in [5.41, 5.74) is 0.180. The predicted octanol–water partition coefficient (Wildman–Crippen LogP) is 2.36. The summed E-state index contributed by atoms with van der Waals surface area (Å²) in [4.78, 5) is 9.75. The quantitative estimate of drug-likeness (QED) is 0.831. The summed E-state index contributed by atoms with van der Waals surface area (Å²) in [6, 6.07) is 6.51. The highest BCUT2D eigenvalue weighted by atomic mass is 19.1. The van der Waals surface area contributed by atoms with Crippen molar-refractivity contribution in [3.8, 4) is 17.5 Å². The molecule has 2 aromatic rings. The highest BCUT2D eigenvalue weighted by molar-refractivity contribution is 5.59. The van der Waals surface area contributed by atoms with Gasteiger partial charge in [0.2, 0.25) is 0 Å². The summed E-state index contributed by atoms with van der Waals surface area (Å²) in [7, 11) is 3.49. The van der Waals surface area contributed by atoms with Crippen molar-refractivity contribution in [1.29, 1.82) is 5.26 Å². The van der Waals surface area contributed by atoms with Crippen LogP contribution in [0.2, 0.25) is 0 Å². The van der Waals surface area contributed by atoms with Gasteiger partial charge in [0.15, 0.2) is 5.82 Å². The van der Waals surface area contributed by atoms with E-state index in [-0.39, 0.29) is 17.1 Å². The molecule has 0 amide bonds. The lowest BCUT2D eigenvalue weighted by Crippen LogP contribution is -2.12. The van der Waals surface area contributed by atoms with E-state index in [2.05, 4.69) is 9.97 Å². The molecule has 0 saturated carbocycles. The van der Waals surface area contributed by atoms with Crippen LogP contribution < -0.4 is 4.90 Å². The fourth-order valence-electron chi connectivity index (χ4n) is 1.51. The van der Waals surface area contributed by atoms with E-state index in [0.717, 1.165) is 12.1 Å². The van der Waals surface area contributed by atoms with Gasteiger partial charge >= 0.3 is 0 Å². The first kappa shape index (κ1) is 12.9. The van der Waals surface area contributed by atoms with E-state index < -0.39 is 11.6 Å². The van der Waals surface area contributed by atoms with Gasteiger partial charge in [0.1, 0.15) is 29.2 Å². The van der Waals surface area contributed by atoms with Crippen LogP contribution in [0.15, 0.2) is 24.3 Å². The lowest BCUT2D eigenvalue weighted by Gasteiger charge is -2.12. The minimum Gasteiger partial charge on any atom is -0.363 e. The fourth-order valence-corrected chi connectivity index (χ4v) is 1.51. The first-order valence-corrected chi connectivity index (χ1v) is 5.43. The monoisotopic (exact) mass is 260 g/mol. The van der Waals surface area contributed by atoms with Gasteiger partial charge in [-0.25, -0.2) is 18.7 Å². The summed E-state index contributed by atoms with van der Waals surface area (Å²) in [5.74, 6) is -0.907. The first-order chi connectivity index (χ1) is 9.01. The normalized spacial score (nSPS) is 10.1. The SMILES string of the molecule is CN(C)c1cc(C#N)nc(-c2ccc(F)cc2F)n1. The molecular formula is C13H10F2N4. The number of rotatable bonds is 2. The van der Waals surface area contributed by atoms with Gasteiger partial charge in [0.05, 0.1) is 5.56 Å². The van der Waals surface area contributed by atoms with Gasteiger partial charge in [-0.15, -0.1) is 0 Å². The van der Waals surface area contributed by atoms with Gasteiger partial charge in [-0.05, 0) is 12.1 Å². The molecule has 1 heterocycles. The molecule has 0 atom stereocenters. The third-order valence-corrected chi connectivity index (χ3v) is 2.46. The number of aromatic nitrogens is 2. The van der Waals surface area contributed by atoms with Crippen molar-refractivity contribution in [1.82, 2.24) is 9.97 Å². The standard InChI is InChI=1S/C13H10F2N4/c1-19(2)12-6-9(7-16)17-13(18-12)10-4-3-8(14)5-11(10)15/h3-6H,1-2H3. The molecule has 0 unspecified atom stereocenters. The molecular weight excluding hydrogens is 250 g/mol. The molecule has 0 radical (unpaired) electrons. The van der Waals surface area contributed by atoms with Gasteiger partial charge in [0, 0.05) is 26.2 Å². The van der Waals surface area contributed by atoms with E-state index in [1.165, 1.54) is 12.1 Å². The lowest BCUT2D eigenvalue weighted by atomic mass is 10.2. The number of halogens is 2. The Kier molecular flexibility index (Phi) is 3.38. The summed E-state index contributed by atoms with van der Waals surface area (Å²) in [6.45, 7) is 0. The Morgan fingerprint density at radius 3 is 2.47 bits per heavy atom. The van der Waals surface area contributed by atoms with Gasteiger partial charge in [-0.3, -0.25) is 0 Å². The third kappa shape index (κ3) is 2.65. The maximum Gasteiger partial charge on any atom is 0.165 e. The zero-order valence-electron chi connectivity index (χ0n) is 10.4. The van der Waals surface area contributed by atoms with Crippen molar-refractivity contribution in [2.24, 2.45) is 0 Å². The molecule has 1 aromatic heterocycles. The minimum absolute atomic E-state index is 0.0558. The second-order valence-electron chi connectivity index (χ2n) is 4.07. The third-order valence-electron chi connectivity index (χ3n) is 2.46. The van der Waals surface area contributed by atoms with E-state index in [0.29, 0.717) is 5.82 Å². The molecule has 96 valence electrons. The van der Waals surface area contributed by atoms with Crippen LogP contribution in [-0.2, 0) is 0 Å². The largest absolute Gasteiger partial charge is 0.363 e. The summed E-state index contributed by atoms with van der Waals surface area (Å²) in [6.07, 6.45) is 0. The Hall–Kier alpha value is -2.55. The van der Waals surface area contributed by atoms with E-state index >= 15 is 0 Å². The van der Waals surface area contributed by atoms with Crippen LogP contribution in [0.3, 0.4) is 0 Å². The number of benzene rings is 1. The number of nitrogens with zero attached hydrogens (tertiary/aromatic N) is 4. The molecule has 0 aliphatic rings. The molecule has 0 aliphatic heterocycles. The number of anilines is 1. The van der Waals surface area contributed by atoms with E-state index in [1.54, 1.807) is 19.0 Å². The number of hydrogen-bond acceptors (Lipinski definition) is 4. The molecule has 6 heteroatoms. The zero-order chi connectivity index (χ0) is 14.0. The Labute approximate surface area is 109 Å². The van der Waals surface area contributed by atoms with E-state index in [9.17, 15) is 8.78 Å². The average molecular weight is 260 g/mol. The molecule has 0 saturated heterocycles. The van der Waals surface area contributed by atoms with Crippen LogP contribution in [-0.4, -0.2) is 24.1 Å². The maximum atomic E-state index is 13.7. The van der Waals surface area contributed by atoms with Gasteiger partial charge < -0.3 is 4.90 Å².